The highest BCUT2D eigenvalue weighted by molar-refractivity contribution is 4.81. The van der Waals surface area contributed by atoms with Gasteiger partial charge in [0.1, 0.15) is 0 Å². The number of hydrogen-bond donors (Lipinski definition) is 2. The molecular weight excluding hydrogens is 154 g/mol. The predicted octanol–water partition coefficient (Wildman–Crippen LogP) is 0.548. The van der Waals surface area contributed by atoms with Gasteiger partial charge in [-0.1, -0.05) is 6.08 Å². The van der Waals surface area contributed by atoms with E-state index in [-0.39, 0.29) is 6.04 Å². The molecule has 0 bridgehead atoms. The molecule has 0 radical (unpaired) electrons. The average molecular weight is 173 g/mol. The Bertz CT molecular complexity index is 117. The van der Waals surface area contributed by atoms with Gasteiger partial charge in [-0.2, -0.15) is 0 Å². The fourth-order valence-electron chi connectivity index (χ4n) is 0.718. The predicted molar refractivity (Wildman–Crippen MR) is 50.2 cm³/mol. The van der Waals surface area contributed by atoms with Gasteiger partial charge in [0.25, 0.3) is 0 Å². The first kappa shape index (κ1) is 11.6. The first-order valence-electron chi connectivity index (χ1n) is 4.32. The molecule has 0 aliphatic rings. The van der Waals surface area contributed by atoms with E-state index in [9.17, 15) is 5.11 Å². The van der Waals surface area contributed by atoms with E-state index in [1.807, 2.05) is 13.8 Å². The monoisotopic (exact) mass is 173 g/mol. The van der Waals surface area contributed by atoms with Crippen LogP contribution in [0.15, 0.2) is 12.7 Å². The summed E-state index contributed by atoms with van der Waals surface area (Å²) in [6, 6.07) is 0.237. The maximum atomic E-state index is 9.30. The van der Waals surface area contributed by atoms with E-state index in [4.69, 9.17) is 4.74 Å². The van der Waals surface area contributed by atoms with E-state index in [0.717, 1.165) is 0 Å². The summed E-state index contributed by atoms with van der Waals surface area (Å²) in [4.78, 5) is 0. The van der Waals surface area contributed by atoms with Crippen molar-refractivity contribution < 1.29 is 9.84 Å². The number of aliphatic hydroxyl groups is 1. The van der Waals surface area contributed by atoms with Crippen LogP contribution in [0.4, 0.5) is 0 Å². The number of rotatable bonds is 7. The van der Waals surface area contributed by atoms with Crippen molar-refractivity contribution in [3.8, 4) is 0 Å². The Balaban J connectivity index is 3.29. The lowest BCUT2D eigenvalue weighted by Crippen LogP contribution is -2.34. The highest BCUT2D eigenvalue weighted by atomic mass is 16.5. The molecule has 0 saturated heterocycles. The largest absolute Gasteiger partial charge is 0.389 e. The maximum absolute atomic E-state index is 9.30. The zero-order chi connectivity index (χ0) is 9.40. The van der Waals surface area contributed by atoms with Gasteiger partial charge < -0.3 is 15.2 Å². The van der Waals surface area contributed by atoms with Crippen molar-refractivity contribution in [2.24, 2.45) is 0 Å². The van der Waals surface area contributed by atoms with E-state index in [1.165, 1.54) is 0 Å². The second-order valence-electron chi connectivity index (χ2n) is 2.75. The van der Waals surface area contributed by atoms with E-state index < -0.39 is 6.10 Å². The molecule has 0 aromatic carbocycles. The van der Waals surface area contributed by atoms with Crippen LogP contribution in [0, 0.1) is 0 Å². The quantitative estimate of drug-likeness (QED) is 0.552. The summed E-state index contributed by atoms with van der Waals surface area (Å²) in [7, 11) is 0. The molecule has 3 nitrogen and oxygen atoms in total. The second kappa shape index (κ2) is 7.28. The third-order valence-electron chi connectivity index (χ3n) is 1.54. The molecule has 0 aliphatic carbocycles. The lowest BCUT2D eigenvalue weighted by atomic mass is 10.3. The molecule has 72 valence electrons. The smallest absolute Gasteiger partial charge is 0.0897 e. The molecule has 0 amide bonds. The maximum Gasteiger partial charge on any atom is 0.0897 e. The van der Waals surface area contributed by atoms with E-state index in [2.05, 4.69) is 11.9 Å². The highest BCUT2D eigenvalue weighted by Crippen LogP contribution is 1.86. The van der Waals surface area contributed by atoms with Crippen molar-refractivity contribution >= 4 is 0 Å². The lowest BCUT2D eigenvalue weighted by molar-refractivity contribution is 0.0423. The van der Waals surface area contributed by atoms with Gasteiger partial charge in [0.15, 0.2) is 0 Å². The SMILES string of the molecule is C=CC(C)NCC(O)COCC. The molecule has 2 unspecified atom stereocenters. The van der Waals surface area contributed by atoms with Crippen LogP contribution >= 0.6 is 0 Å². The molecule has 0 fully saturated rings. The molecule has 0 spiro atoms. The minimum atomic E-state index is -0.424. The van der Waals surface area contributed by atoms with Crippen LogP contribution in [0.3, 0.4) is 0 Å². The van der Waals surface area contributed by atoms with Crippen LogP contribution in [0.25, 0.3) is 0 Å². The van der Waals surface area contributed by atoms with Crippen molar-refractivity contribution in [3.63, 3.8) is 0 Å². The van der Waals surface area contributed by atoms with E-state index in [0.29, 0.717) is 19.8 Å². The topological polar surface area (TPSA) is 41.5 Å². The molecule has 0 heterocycles. The van der Waals surface area contributed by atoms with Crippen molar-refractivity contribution in [2.45, 2.75) is 26.0 Å². The molecule has 3 heteroatoms. The van der Waals surface area contributed by atoms with Crippen LogP contribution in [-0.2, 0) is 4.74 Å². The van der Waals surface area contributed by atoms with Gasteiger partial charge in [-0.15, -0.1) is 6.58 Å². The summed E-state index contributed by atoms with van der Waals surface area (Å²) < 4.78 is 5.05. The van der Waals surface area contributed by atoms with Gasteiger partial charge >= 0.3 is 0 Å². The standard InChI is InChI=1S/C9H19NO2/c1-4-8(3)10-6-9(11)7-12-5-2/h4,8-11H,1,5-7H2,2-3H3. The van der Waals surface area contributed by atoms with Crippen LogP contribution in [0.2, 0.25) is 0 Å². The molecule has 0 saturated carbocycles. The Labute approximate surface area is 74.4 Å². The molecule has 0 aromatic heterocycles. The number of ether oxygens (including phenoxy) is 1. The molecule has 2 N–H and O–H groups in total. The Kier molecular flexibility index (Phi) is 7.05. The molecule has 0 aliphatic heterocycles. The lowest BCUT2D eigenvalue weighted by Gasteiger charge is -2.13. The number of nitrogens with one attached hydrogen (secondary N) is 1. The van der Waals surface area contributed by atoms with Crippen LogP contribution in [0.1, 0.15) is 13.8 Å². The Morgan fingerprint density at radius 3 is 2.83 bits per heavy atom. The highest BCUT2D eigenvalue weighted by Gasteiger charge is 2.03. The summed E-state index contributed by atoms with van der Waals surface area (Å²) in [5.74, 6) is 0. The minimum Gasteiger partial charge on any atom is -0.389 e. The number of hydrogen-bond acceptors (Lipinski definition) is 3. The summed E-state index contributed by atoms with van der Waals surface area (Å²) in [6.45, 7) is 9.11. The first-order chi connectivity index (χ1) is 5.70. The molecule has 2 atom stereocenters. The Hall–Kier alpha value is -0.380. The zero-order valence-electron chi connectivity index (χ0n) is 7.92. The second-order valence-corrected chi connectivity index (χ2v) is 2.75. The number of aliphatic hydroxyl groups excluding tert-OH is 1. The molecular formula is C9H19NO2. The van der Waals surface area contributed by atoms with Crippen molar-refractivity contribution in [2.75, 3.05) is 19.8 Å². The first-order valence-corrected chi connectivity index (χ1v) is 4.32. The average Bonchev–Trinajstić information content (AvgIpc) is 2.10. The third kappa shape index (κ3) is 6.34. The van der Waals surface area contributed by atoms with E-state index >= 15 is 0 Å². The van der Waals surface area contributed by atoms with Gasteiger partial charge in [-0.3, -0.25) is 0 Å². The summed E-state index contributed by atoms with van der Waals surface area (Å²) in [6.07, 6.45) is 1.38. The van der Waals surface area contributed by atoms with Gasteiger partial charge in [0, 0.05) is 19.2 Å². The zero-order valence-corrected chi connectivity index (χ0v) is 7.92. The Morgan fingerprint density at radius 1 is 1.67 bits per heavy atom. The van der Waals surface area contributed by atoms with E-state index in [1.54, 1.807) is 6.08 Å². The van der Waals surface area contributed by atoms with Crippen molar-refractivity contribution in [1.29, 1.82) is 0 Å². The van der Waals surface area contributed by atoms with Gasteiger partial charge in [-0.25, -0.2) is 0 Å². The van der Waals surface area contributed by atoms with Crippen LogP contribution < -0.4 is 5.32 Å². The third-order valence-corrected chi connectivity index (χ3v) is 1.54. The van der Waals surface area contributed by atoms with Crippen molar-refractivity contribution in [3.05, 3.63) is 12.7 Å². The van der Waals surface area contributed by atoms with Gasteiger partial charge in [-0.05, 0) is 13.8 Å². The molecule has 0 aromatic rings. The minimum absolute atomic E-state index is 0.237. The summed E-state index contributed by atoms with van der Waals surface area (Å²) in [5, 5.41) is 12.4. The normalized spacial score (nSPS) is 15.6. The van der Waals surface area contributed by atoms with Gasteiger partial charge in [0.2, 0.25) is 0 Å². The summed E-state index contributed by atoms with van der Waals surface area (Å²) >= 11 is 0. The summed E-state index contributed by atoms with van der Waals surface area (Å²) in [5.41, 5.74) is 0. The fraction of sp³-hybridized carbons (Fsp3) is 0.778. The van der Waals surface area contributed by atoms with Crippen LogP contribution in [-0.4, -0.2) is 37.0 Å². The van der Waals surface area contributed by atoms with Crippen LogP contribution in [0.5, 0.6) is 0 Å². The molecule has 12 heavy (non-hydrogen) atoms. The fourth-order valence-corrected chi connectivity index (χ4v) is 0.718. The molecule has 0 rings (SSSR count). The Morgan fingerprint density at radius 2 is 2.33 bits per heavy atom. The van der Waals surface area contributed by atoms with Gasteiger partial charge in [0.05, 0.1) is 12.7 Å². The van der Waals surface area contributed by atoms with Crippen molar-refractivity contribution in [1.82, 2.24) is 5.32 Å².